The molecule has 0 aliphatic carbocycles. The first-order valence-corrected chi connectivity index (χ1v) is 8.03. The Kier molecular flexibility index (Phi) is 6.34. The summed E-state index contributed by atoms with van der Waals surface area (Å²) in [4.78, 5) is 36.1. The van der Waals surface area contributed by atoms with Gasteiger partial charge < -0.3 is 15.4 Å². The van der Waals surface area contributed by atoms with E-state index in [1.807, 2.05) is 12.2 Å². The molecular weight excluding hydrogens is 373 g/mol. The number of halogens is 3. The van der Waals surface area contributed by atoms with Crippen molar-refractivity contribution >= 4 is 34.8 Å². The largest absolute Gasteiger partial charge is 0.451 e. The number of ether oxygens (including phenoxy) is 1. The number of amides is 2. The Balaban J connectivity index is 1.77. The Morgan fingerprint density at radius 2 is 1.77 bits per heavy atom. The molecule has 2 rings (SSSR count). The second-order valence-electron chi connectivity index (χ2n) is 5.03. The van der Waals surface area contributed by atoms with E-state index in [2.05, 4.69) is 5.32 Å². The molecule has 2 amide bonds. The van der Waals surface area contributed by atoms with Crippen molar-refractivity contribution < 1.29 is 32.3 Å². The average Bonchev–Trinajstić information content (AvgIpc) is 3.05. The van der Waals surface area contributed by atoms with Crippen molar-refractivity contribution in [3.63, 3.8) is 0 Å². The van der Waals surface area contributed by atoms with Crippen molar-refractivity contribution in [3.8, 4) is 0 Å². The summed E-state index contributed by atoms with van der Waals surface area (Å²) < 4.78 is 44.1. The fourth-order valence-corrected chi connectivity index (χ4v) is 2.55. The SMILES string of the molecule is Cc1ccc(C(=O)OCC(=O)NCC(=O)Nc2ccc(F)c(F)c2F)s1. The van der Waals surface area contributed by atoms with Gasteiger partial charge in [-0.1, -0.05) is 0 Å². The summed E-state index contributed by atoms with van der Waals surface area (Å²) in [6.07, 6.45) is 0. The molecule has 0 bridgehead atoms. The highest BCUT2D eigenvalue weighted by molar-refractivity contribution is 7.13. The van der Waals surface area contributed by atoms with Gasteiger partial charge in [-0.2, -0.15) is 0 Å². The van der Waals surface area contributed by atoms with Gasteiger partial charge in [0.25, 0.3) is 5.91 Å². The van der Waals surface area contributed by atoms with Crippen molar-refractivity contribution in [1.29, 1.82) is 0 Å². The number of benzene rings is 1. The predicted octanol–water partition coefficient (Wildman–Crippen LogP) is 2.39. The normalized spacial score (nSPS) is 10.3. The Morgan fingerprint density at radius 3 is 2.42 bits per heavy atom. The summed E-state index contributed by atoms with van der Waals surface area (Å²) in [5.74, 6) is -6.97. The topological polar surface area (TPSA) is 84.5 Å². The minimum atomic E-state index is -1.72. The third-order valence-corrected chi connectivity index (χ3v) is 4.01. The van der Waals surface area contributed by atoms with Gasteiger partial charge in [-0.25, -0.2) is 18.0 Å². The summed E-state index contributed by atoms with van der Waals surface area (Å²) >= 11 is 1.21. The van der Waals surface area contributed by atoms with Gasteiger partial charge in [-0.3, -0.25) is 9.59 Å². The van der Waals surface area contributed by atoms with Crippen LogP contribution in [0.2, 0.25) is 0 Å². The molecule has 0 aliphatic heterocycles. The van der Waals surface area contributed by atoms with Crippen LogP contribution in [0.1, 0.15) is 14.5 Å². The van der Waals surface area contributed by atoms with E-state index in [0.29, 0.717) is 10.9 Å². The third kappa shape index (κ3) is 5.06. The Bertz CT molecular complexity index is 854. The van der Waals surface area contributed by atoms with Gasteiger partial charge in [-0.15, -0.1) is 11.3 Å². The molecule has 0 saturated heterocycles. The number of hydrogen-bond acceptors (Lipinski definition) is 5. The molecule has 26 heavy (non-hydrogen) atoms. The molecule has 1 heterocycles. The maximum atomic E-state index is 13.4. The van der Waals surface area contributed by atoms with Crippen LogP contribution in [-0.4, -0.2) is 30.9 Å². The lowest BCUT2D eigenvalue weighted by atomic mass is 10.2. The maximum Gasteiger partial charge on any atom is 0.348 e. The summed E-state index contributed by atoms with van der Waals surface area (Å²) in [6, 6.07) is 4.78. The molecular formula is C16H13F3N2O4S. The number of nitrogens with one attached hydrogen (secondary N) is 2. The monoisotopic (exact) mass is 386 g/mol. The number of anilines is 1. The van der Waals surface area contributed by atoms with Crippen LogP contribution in [0.5, 0.6) is 0 Å². The van der Waals surface area contributed by atoms with Crippen LogP contribution in [-0.2, 0) is 14.3 Å². The van der Waals surface area contributed by atoms with Crippen LogP contribution in [0.25, 0.3) is 0 Å². The molecule has 0 radical (unpaired) electrons. The van der Waals surface area contributed by atoms with Crippen molar-refractivity contribution in [2.24, 2.45) is 0 Å². The highest BCUT2D eigenvalue weighted by Crippen LogP contribution is 2.19. The number of aryl methyl sites for hydroxylation is 1. The molecule has 1 aromatic heterocycles. The van der Waals surface area contributed by atoms with Crippen LogP contribution < -0.4 is 10.6 Å². The van der Waals surface area contributed by atoms with E-state index in [-0.39, 0.29) is 0 Å². The lowest BCUT2D eigenvalue weighted by Gasteiger charge is -2.08. The summed E-state index contributed by atoms with van der Waals surface area (Å²) in [5, 5.41) is 4.13. The van der Waals surface area contributed by atoms with Crippen LogP contribution in [0.3, 0.4) is 0 Å². The Labute approximate surface area is 150 Å². The molecule has 0 spiro atoms. The second kappa shape index (κ2) is 8.48. The zero-order valence-corrected chi connectivity index (χ0v) is 14.2. The van der Waals surface area contributed by atoms with Gasteiger partial charge >= 0.3 is 5.97 Å². The van der Waals surface area contributed by atoms with Crippen LogP contribution in [0.15, 0.2) is 24.3 Å². The maximum absolute atomic E-state index is 13.4. The van der Waals surface area contributed by atoms with Crippen molar-refractivity contribution in [1.82, 2.24) is 5.32 Å². The van der Waals surface area contributed by atoms with Crippen LogP contribution in [0, 0.1) is 24.4 Å². The standard InChI is InChI=1S/C16H13F3N2O4S/c1-8-2-5-11(26-8)16(24)25-7-13(23)20-6-12(22)21-10-4-3-9(17)14(18)15(10)19/h2-5H,6-7H2,1H3,(H,20,23)(H,21,22). The number of carbonyl (C=O) groups excluding carboxylic acids is 3. The minimum Gasteiger partial charge on any atom is -0.451 e. The minimum absolute atomic E-state index is 0.335. The fourth-order valence-electron chi connectivity index (χ4n) is 1.79. The van der Waals surface area contributed by atoms with Gasteiger partial charge in [0.15, 0.2) is 24.1 Å². The van der Waals surface area contributed by atoms with E-state index in [9.17, 15) is 27.6 Å². The zero-order valence-electron chi connectivity index (χ0n) is 13.4. The molecule has 0 aliphatic rings. The second-order valence-corrected chi connectivity index (χ2v) is 6.32. The van der Waals surface area contributed by atoms with Crippen molar-refractivity contribution in [2.45, 2.75) is 6.92 Å². The molecule has 138 valence electrons. The number of esters is 1. The van der Waals surface area contributed by atoms with Gasteiger partial charge in [0.2, 0.25) is 5.91 Å². The molecule has 10 heteroatoms. The zero-order chi connectivity index (χ0) is 19.3. The molecule has 1 aromatic carbocycles. The first kappa shape index (κ1) is 19.4. The number of carbonyl (C=O) groups is 3. The Hall–Kier alpha value is -2.88. The van der Waals surface area contributed by atoms with Crippen molar-refractivity contribution in [2.75, 3.05) is 18.5 Å². The van der Waals surface area contributed by atoms with E-state index in [0.717, 1.165) is 10.9 Å². The van der Waals surface area contributed by atoms with E-state index < -0.39 is 54.1 Å². The third-order valence-electron chi connectivity index (χ3n) is 3.03. The molecule has 0 atom stereocenters. The highest BCUT2D eigenvalue weighted by Gasteiger charge is 2.16. The summed E-state index contributed by atoms with van der Waals surface area (Å²) in [7, 11) is 0. The number of hydrogen-bond donors (Lipinski definition) is 2. The smallest absolute Gasteiger partial charge is 0.348 e. The summed E-state index contributed by atoms with van der Waals surface area (Å²) in [6.45, 7) is 0.623. The molecule has 6 nitrogen and oxygen atoms in total. The lowest BCUT2D eigenvalue weighted by molar-refractivity contribution is -0.126. The first-order chi connectivity index (χ1) is 12.3. The predicted molar refractivity (Wildman–Crippen MR) is 87.3 cm³/mol. The lowest BCUT2D eigenvalue weighted by Crippen LogP contribution is -2.35. The van der Waals surface area contributed by atoms with E-state index in [1.54, 1.807) is 12.1 Å². The van der Waals surface area contributed by atoms with Gasteiger partial charge in [0.1, 0.15) is 4.88 Å². The number of rotatable bonds is 6. The van der Waals surface area contributed by atoms with Gasteiger partial charge in [0, 0.05) is 4.88 Å². The highest BCUT2D eigenvalue weighted by atomic mass is 32.1. The van der Waals surface area contributed by atoms with E-state index in [1.165, 1.54) is 11.3 Å². The molecule has 2 aromatic rings. The number of thiophene rings is 1. The van der Waals surface area contributed by atoms with Crippen LogP contribution in [0.4, 0.5) is 18.9 Å². The van der Waals surface area contributed by atoms with Crippen molar-refractivity contribution in [3.05, 3.63) is 51.5 Å². The van der Waals surface area contributed by atoms with Crippen LogP contribution >= 0.6 is 11.3 Å². The molecule has 0 unspecified atom stereocenters. The average molecular weight is 386 g/mol. The Morgan fingerprint density at radius 1 is 1.04 bits per heavy atom. The molecule has 0 fully saturated rings. The molecule has 0 saturated carbocycles. The van der Waals surface area contributed by atoms with E-state index >= 15 is 0 Å². The first-order valence-electron chi connectivity index (χ1n) is 7.21. The quantitative estimate of drug-likeness (QED) is 0.590. The fraction of sp³-hybridized carbons (Fsp3) is 0.188. The molecule has 2 N–H and O–H groups in total. The summed E-state index contributed by atoms with van der Waals surface area (Å²) in [5.41, 5.74) is -0.567. The van der Waals surface area contributed by atoms with E-state index in [4.69, 9.17) is 4.74 Å². The van der Waals surface area contributed by atoms with Gasteiger partial charge in [-0.05, 0) is 31.2 Å². The van der Waals surface area contributed by atoms with Gasteiger partial charge in [0.05, 0.1) is 12.2 Å².